The summed E-state index contributed by atoms with van der Waals surface area (Å²) in [6.07, 6.45) is 1.52. The number of H-pyrrole nitrogens is 1. The SMILES string of the molecule is COc1ccc(CC(=O)N[C@@H]2CS(=O)(=O)C[C@H]2NC(=O)c2ccn[nH]2)cc1. The summed E-state index contributed by atoms with van der Waals surface area (Å²) in [6.45, 7) is 0. The predicted molar refractivity (Wildman–Crippen MR) is 97.1 cm³/mol. The minimum absolute atomic E-state index is 0.0990. The van der Waals surface area contributed by atoms with Crippen LogP contribution in [0.5, 0.6) is 5.75 Å². The van der Waals surface area contributed by atoms with Gasteiger partial charge in [0.05, 0.1) is 37.1 Å². The maximum absolute atomic E-state index is 12.3. The molecular weight excluding hydrogens is 372 g/mol. The molecule has 1 fully saturated rings. The van der Waals surface area contributed by atoms with Gasteiger partial charge in [0.2, 0.25) is 5.91 Å². The summed E-state index contributed by atoms with van der Waals surface area (Å²) in [7, 11) is -1.80. The van der Waals surface area contributed by atoms with E-state index in [4.69, 9.17) is 4.74 Å². The first-order valence-electron chi connectivity index (χ1n) is 8.29. The van der Waals surface area contributed by atoms with Crippen LogP contribution in [-0.4, -0.2) is 61.1 Å². The summed E-state index contributed by atoms with van der Waals surface area (Å²) >= 11 is 0. The van der Waals surface area contributed by atoms with Gasteiger partial charge < -0.3 is 15.4 Å². The molecule has 0 bridgehead atoms. The molecule has 1 saturated heterocycles. The van der Waals surface area contributed by atoms with Gasteiger partial charge in [-0.2, -0.15) is 5.10 Å². The van der Waals surface area contributed by atoms with Crippen molar-refractivity contribution in [2.75, 3.05) is 18.6 Å². The summed E-state index contributed by atoms with van der Waals surface area (Å²) < 4.78 is 29.1. The Bertz CT molecular complexity index is 909. The minimum Gasteiger partial charge on any atom is -0.497 e. The first-order valence-corrected chi connectivity index (χ1v) is 10.1. The second kappa shape index (κ2) is 7.78. The van der Waals surface area contributed by atoms with E-state index in [-0.39, 0.29) is 29.5 Å². The molecule has 1 aromatic heterocycles. The molecule has 0 unspecified atom stereocenters. The van der Waals surface area contributed by atoms with Crippen molar-refractivity contribution in [1.82, 2.24) is 20.8 Å². The van der Waals surface area contributed by atoms with Crippen LogP contribution in [0.15, 0.2) is 36.5 Å². The number of aromatic amines is 1. The number of carbonyl (C=O) groups is 2. The van der Waals surface area contributed by atoms with Crippen molar-refractivity contribution in [3.05, 3.63) is 47.8 Å². The summed E-state index contributed by atoms with van der Waals surface area (Å²) in [6, 6.07) is 7.11. The smallest absolute Gasteiger partial charge is 0.269 e. The summed E-state index contributed by atoms with van der Waals surface area (Å²) in [5.41, 5.74) is 0.995. The van der Waals surface area contributed by atoms with E-state index in [1.54, 1.807) is 31.4 Å². The van der Waals surface area contributed by atoms with Gasteiger partial charge in [0, 0.05) is 6.20 Å². The number of sulfone groups is 1. The Hall–Kier alpha value is -2.88. The van der Waals surface area contributed by atoms with Crippen molar-refractivity contribution in [1.29, 1.82) is 0 Å². The maximum Gasteiger partial charge on any atom is 0.269 e. The third-order valence-electron chi connectivity index (χ3n) is 4.28. The quantitative estimate of drug-likeness (QED) is 0.617. The van der Waals surface area contributed by atoms with Crippen molar-refractivity contribution in [2.24, 2.45) is 0 Å². The molecular formula is C17H20N4O5S. The zero-order valence-corrected chi connectivity index (χ0v) is 15.5. The topological polar surface area (TPSA) is 130 Å². The van der Waals surface area contributed by atoms with Crippen LogP contribution in [0.1, 0.15) is 16.1 Å². The number of nitrogens with one attached hydrogen (secondary N) is 3. The first kappa shape index (κ1) is 18.9. The van der Waals surface area contributed by atoms with Gasteiger partial charge in [-0.3, -0.25) is 14.7 Å². The molecule has 1 aliphatic heterocycles. The summed E-state index contributed by atoms with van der Waals surface area (Å²) in [4.78, 5) is 24.5. The number of rotatable bonds is 6. The Morgan fingerprint density at radius 2 is 1.81 bits per heavy atom. The van der Waals surface area contributed by atoms with Gasteiger partial charge in [-0.05, 0) is 23.8 Å². The van der Waals surface area contributed by atoms with E-state index in [2.05, 4.69) is 20.8 Å². The second-order valence-electron chi connectivity index (χ2n) is 6.33. The number of methoxy groups -OCH3 is 1. The second-order valence-corrected chi connectivity index (χ2v) is 8.48. The largest absolute Gasteiger partial charge is 0.497 e. The van der Waals surface area contributed by atoms with Crippen LogP contribution in [0, 0.1) is 0 Å². The predicted octanol–water partition coefficient (Wildman–Crippen LogP) is -0.327. The average Bonchev–Trinajstić information content (AvgIpc) is 3.24. The normalized spacial score (nSPS) is 20.8. The molecule has 0 aliphatic carbocycles. The van der Waals surface area contributed by atoms with Crippen LogP contribution in [-0.2, 0) is 21.1 Å². The fourth-order valence-corrected chi connectivity index (χ4v) is 4.81. The van der Waals surface area contributed by atoms with Crippen molar-refractivity contribution in [3.63, 3.8) is 0 Å². The molecule has 1 aromatic carbocycles. The van der Waals surface area contributed by atoms with E-state index in [1.807, 2.05) is 0 Å². The summed E-state index contributed by atoms with van der Waals surface area (Å²) in [5, 5.41) is 11.6. The Morgan fingerprint density at radius 3 is 2.41 bits per heavy atom. The number of carbonyl (C=O) groups excluding carboxylic acids is 2. The highest BCUT2D eigenvalue weighted by molar-refractivity contribution is 7.91. The van der Waals surface area contributed by atoms with Crippen LogP contribution >= 0.6 is 0 Å². The van der Waals surface area contributed by atoms with E-state index in [0.717, 1.165) is 5.56 Å². The highest BCUT2D eigenvalue weighted by Gasteiger charge is 2.39. The van der Waals surface area contributed by atoms with Crippen molar-refractivity contribution in [3.8, 4) is 5.75 Å². The van der Waals surface area contributed by atoms with Gasteiger partial charge in [-0.15, -0.1) is 0 Å². The molecule has 0 radical (unpaired) electrons. The standard InChI is InChI=1S/C17H20N4O5S/c1-26-12-4-2-11(3-5-12)8-16(22)19-14-9-27(24,25)10-15(14)20-17(23)13-6-7-18-21-13/h2-7,14-15H,8-10H2,1H3,(H,18,21)(H,19,22)(H,20,23)/t14-,15-/m1/s1. The lowest BCUT2D eigenvalue weighted by molar-refractivity contribution is -0.121. The van der Waals surface area contributed by atoms with Crippen LogP contribution in [0.3, 0.4) is 0 Å². The molecule has 2 atom stereocenters. The molecule has 0 spiro atoms. The summed E-state index contributed by atoms with van der Waals surface area (Å²) in [5.74, 6) is -0.537. The van der Waals surface area contributed by atoms with Crippen molar-refractivity contribution < 1.29 is 22.7 Å². The zero-order valence-electron chi connectivity index (χ0n) is 14.6. The number of nitrogens with zero attached hydrogens (tertiary/aromatic N) is 1. The molecule has 144 valence electrons. The van der Waals surface area contributed by atoms with Gasteiger partial charge in [0.15, 0.2) is 9.84 Å². The first-order chi connectivity index (χ1) is 12.9. The molecule has 9 nitrogen and oxygen atoms in total. The molecule has 3 rings (SSSR count). The third kappa shape index (κ3) is 4.85. The molecule has 3 N–H and O–H groups in total. The average molecular weight is 392 g/mol. The molecule has 2 amide bonds. The van der Waals surface area contributed by atoms with Crippen LogP contribution in [0.25, 0.3) is 0 Å². The molecule has 2 heterocycles. The Labute approximate surface area is 156 Å². The van der Waals surface area contributed by atoms with E-state index in [0.29, 0.717) is 5.75 Å². The molecule has 1 aliphatic rings. The minimum atomic E-state index is -3.36. The van der Waals surface area contributed by atoms with E-state index >= 15 is 0 Å². The lowest BCUT2D eigenvalue weighted by Gasteiger charge is -2.20. The van der Waals surface area contributed by atoms with E-state index in [1.165, 1.54) is 12.3 Å². The van der Waals surface area contributed by atoms with Crippen molar-refractivity contribution >= 4 is 21.7 Å². The van der Waals surface area contributed by atoms with Crippen molar-refractivity contribution in [2.45, 2.75) is 18.5 Å². The molecule has 10 heteroatoms. The number of amides is 2. The molecule has 0 saturated carbocycles. The number of hydrogen-bond donors (Lipinski definition) is 3. The van der Waals surface area contributed by atoms with Gasteiger partial charge in [0.25, 0.3) is 5.91 Å². The zero-order chi connectivity index (χ0) is 19.4. The highest BCUT2D eigenvalue weighted by Crippen LogP contribution is 2.15. The van der Waals surface area contributed by atoms with E-state index in [9.17, 15) is 18.0 Å². The molecule has 2 aromatic rings. The lowest BCUT2D eigenvalue weighted by atomic mass is 10.1. The number of benzene rings is 1. The maximum atomic E-state index is 12.3. The Balaban J connectivity index is 1.63. The molecule has 27 heavy (non-hydrogen) atoms. The fraction of sp³-hybridized carbons (Fsp3) is 0.353. The van der Waals surface area contributed by atoms with E-state index < -0.39 is 27.8 Å². The number of ether oxygens (including phenoxy) is 1. The van der Waals surface area contributed by atoms with Crippen LogP contribution in [0.2, 0.25) is 0 Å². The lowest BCUT2D eigenvalue weighted by Crippen LogP contribution is -2.51. The van der Waals surface area contributed by atoms with Gasteiger partial charge in [0.1, 0.15) is 11.4 Å². The fourth-order valence-electron chi connectivity index (χ4n) is 2.95. The monoisotopic (exact) mass is 392 g/mol. The Morgan fingerprint density at radius 1 is 1.15 bits per heavy atom. The van der Waals surface area contributed by atoms with Gasteiger partial charge >= 0.3 is 0 Å². The number of hydrogen-bond acceptors (Lipinski definition) is 6. The van der Waals surface area contributed by atoms with Gasteiger partial charge in [-0.1, -0.05) is 12.1 Å². The third-order valence-corrected chi connectivity index (χ3v) is 6.02. The highest BCUT2D eigenvalue weighted by atomic mass is 32.2. The van der Waals surface area contributed by atoms with Crippen LogP contribution in [0.4, 0.5) is 0 Å². The van der Waals surface area contributed by atoms with Crippen LogP contribution < -0.4 is 15.4 Å². The number of aromatic nitrogens is 2. The van der Waals surface area contributed by atoms with Gasteiger partial charge in [-0.25, -0.2) is 8.42 Å². The Kier molecular flexibility index (Phi) is 5.45.